The molecule has 18 heavy (non-hydrogen) atoms. The molecule has 0 aliphatic carbocycles. The van der Waals surface area contributed by atoms with Gasteiger partial charge in [0.1, 0.15) is 0 Å². The smallest absolute Gasteiger partial charge is 0.214 e. The molecule has 0 unspecified atom stereocenters. The van der Waals surface area contributed by atoms with Gasteiger partial charge < -0.3 is 0 Å². The molecule has 0 saturated carbocycles. The lowest BCUT2D eigenvalue weighted by molar-refractivity contribution is 0.101. The molecule has 0 aliphatic rings. The molecule has 0 spiro atoms. The van der Waals surface area contributed by atoms with E-state index in [1.54, 1.807) is 35.3 Å². The maximum Gasteiger partial charge on any atom is 0.214 e. The molecule has 0 amide bonds. The Kier molecular flexibility index (Phi) is 7.06. The molecule has 1 aromatic carbocycles. The molecule has 0 heterocycles. The van der Waals surface area contributed by atoms with Crippen molar-refractivity contribution in [2.45, 2.75) is 14.7 Å². The van der Waals surface area contributed by atoms with Gasteiger partial charge in [-0.2, -0.15) is 0 Å². The summed E-state index contributed by atoms with van der Waals surface area (Å²) < 4.78 is 0. The molecule has 0 aliphatic heterocycles. The van der Waals surface area contributed by atoms with E-state index in [2.05, 4.69) is 30.9 Å². The van der Waals surface area contributed by atoms with Gasteiger partial charge in [-0.05, 0) is 41.8 Å². The van der Waals surface area contributed by atoms with E-state index in [4.69, 9.17) is 0 Å². The Morgan fingerprint density at radius 2 is 1.56 bits per heavy atom. The Balaban J connectivity index is 3.26. The molecule has 100 valence electrons. The highest BCUT2D eigenvalue weighted by Gasteiger charge is 2.21. The van der Waals surface area contributed by atoms with Gasteiger partial charge >= 0.3 is 0 Å². The Labute approximate surface area is 126 Å². The van der Waals surface area contributed by atoms with Crippen LogP contribution in [0.15, 0.2) is 26.8 Å². The number of carbonyl (C=O) groups excluding carboxylic acids is 1. The van der Waals surface area contributed by atoms with Gasteiger partial charge in [-0.15, -0.1) is 35.3 Å². The summed E-state index contributed by atoms with van der Waals surface area (Å²) in [6, 6.07) is 4.26. The number of benzene rings is 1. The molecule has 0 bridgehead atoms. The molecule has 0 N–H and O–H groups in total. The van der Waals surface area contributed by atoms with Crippen LogP contribution in [0.4, 0.5) is 0 Å². The third-order valence-electron chi connectivity index (χ3n) is 2.41. The molecular formula is C13H19OS4+. The molecule has 1 aromatic rings. The lowest BCUT2D eigenvalue weighted by atomic mass is 10.1. The van der Waals surface area contributed by atoms with Gasteiger partial charge in [0.05, 0.1) is 12.5 Å². The van der Waals surface area contributed by atoms with Crippen LogP contribution < -0.4 is 0 Å². The first-order valence-electron chi connectivity index (χ1n) is 5.40. The number of hydrogen-bond donors (Lipinski definition) is 0. The van der Waals surface area contributed by atoms with Gasteiger partial charge in [0.2, 0.25) is 5.78 Å². The van der Waals surface area contributed by atoms with Crippen molar-refractivity contribution in [1.29, 1.82) is 0 Å². The fourth-order valence-electron chi connectivity index (χ4n) is 1.61. The third-order valence-corrected chi connectivity index (χ3v) is 5.48. The highest BCUT2D eigenvalue weighted by molar-refractivity contribution is 8.00. The van der Waals surface area contributed by atoms with Crippen molar-refractivity contribution < 1.29 is 4.79 Å². The normalized spacial score (nSPS) is 11.0. The average Bonchev–Trinajstić information content (AvgIpc) is 2.35. The number of ketones is 1. The van der Waals surface area contributed by atoms with E-state index >= 15 is 0 Å². The summed E-state index contributed by atoms with van der Waals surface area (Å²) in [5, 5.41) is 0. The lowest BCUT2D eigenvalue weighted by Crippen LogP contribution is -2.15. The summed E-state index contributed by atoms with van der Waals surface area (Å²) in [7, 11) is 0.153. The summed E-state index contributed by atoms with van der Waals surface area (Å²) in [6.45, 7) is 0. The minimum absolute atomic E-state index is 0.153. The molecule has 0 radical (unpaired) electrons. The highest BCUT2D eigenvalue weighted by atomic mass is 32.2. The van der Waals surface area contributed by atoms with Gasteiger partial charge in [0, 0.05) is 20.2 Å². The van der Waals surface area contributed by atoms with Gasteiger partial charge in [-0.25, -0.2) is 0 Å². The SMILES string of the molecule is CSc1cc(SC)c(C(=O)C[S+](C)C)c(SC)c1. The molecule has 0 aromatic heterocycles. The van der Waals surface area contributed by atoms with Crippen molar-refractivity contribution in [2.24, 2.45) is 0 Å². The lowest BCUT2D eigenvalue weighted by Gasteiger charge is -2.12. The zero-order valence-corrected chi connectivity index (χ0v) is 14.7. The number of thioether (sulfide) groups is 3. The van der Waals surface area contributed by atoms with E-state index in [0.29, 0.717) is 5.75 Å². The van der Waals surface area contributed by atoms with Crippen LogP contribution >= 0.6 is 35.3 Å². The van der Waals surface area contributed by atoms with Gasteiger partial charge in [0.15, 0.2) is 5.75 Å². The van der Waals surface area contributed by atoms with Crippen molar-refractivity contribution in [2.75, 3.05) is 37.0 Å². The fraction of sp³-hybridized carbons (Fsp3) is 0.462. The maximum atomic E-state index is 12.4. The minimum atomic E-state index is 0.153. The Bertz CT molecular complexity index is 404. The van der Waals surface area contributed by atoms with Crippen molar-refractivity contribution >= 4 is 52.0 Å². The molecular weight excluding hydrogens is 300 g/mol. The van der Waals surface area contributed by atoms with Crippen LogP contribution in [0.5, 0.6) is 0 Å². The van der Waals surface area contributed by atoms with E-state index < -0.39 is 0 Å². The van der Waals surface area contributed by atoms with Gasteiger partial charge in [-0.3, -0.25) is 4.79 Å². The molecule has 1 rings (SSSR count). The predicted octanol–water partition coefficient (Wildman–Crippen LogP) is 3.91. The molecule has 0 saturated heterocycles. The third kappa shape index (κ3) is 4.15. The van der Waals surface area contributed by atoms with E-state index in [1.807, 2.05) is 12.5 Å². The van der Waals surface area contributed by atoms with Crippen LogP contribution in [-0.2, 0) is 10.9 Å². The van der Waals surface area contributed by atoms with Crippen LogP contribution in [0, 0.1) is 0 Å². The number of hydrogen-bond acceptors (Lipinski definition) is 4. The molecule has 0 fully saturated rings. The van der Waals surface area contributed by atoms with Crippen LogP contribution in [-0.4, -0.2) is 42.8 Å². The quantitative estimate of drug-likeness (QED) is 0.449. The largest absolute Gasteiger partial charge is 0.289 e. The minimum Gasteiger partial charge on any atom is -0.289 e. The average molecular weight is 320 g/mol. The molecule has 1 nitrogen and oxygen atoms in total. The van der Waals surface area contributed by atoms with Crippen molar-refractivity contribution in [3.05, 3.63) is 17.7 Å². The van der Waals surface area contributed by atoms with Crippen LogP contribution in [0.2, 0.25) is 0 Å². The topological polar surface area (TPSA) is 17.1 Å². The van der Waals surface area contributed by atoms with Crippen molar-refractivity contribution in [1.82, 2.24) is 0 Å². The zero-order valence-electron chi connectivity index (χ0n) is 11.4. The number of Topliss-reactive ketones (excluding diaryl/α,β-unsaturated/α-hetero) is 1. The molecule has 0 atom stereocenters. The van der Waals surface area contributed by atoms with Gasteiger partial charge in [-0.1, -0.05) is 0 Å². The second kappa shape index (κ2) is 7.78. The Morgan fingerprint density at radius 1 is 1.06 bits per heavy atom. The standard InChI is InChI=1S/C13H19OS4/c1-15-9-6-11(16-2)13(12(7-9)17-3)10(14)8-18(4)5/h6-7H,8H2,1-5H3/q+1. The first-order chi connectivity index (χ1) is 8.53. The summed E-state index contributed by atoms with van der Waals surface area (Å²) >= 11 is 5.06. The summed E-state index contributed by atoms with van der Waals surface area (Å²) in [5.74, 6) is 0.935. The summed E-state index contributed by atoms with van der Waals surface area (Å²) in [6.07, 6.45) is 10.4. The van der Waals surface area contributed by atoms with E-state index in [0.717, 1.165) is 15.4 Å². The second-order valence-electron chi connectivity index (χ2n) is 3.96. The molecule has 5 heteroatoms. The number of rotatable bonds is 6. The summed E-state index contributed by atoms with van der Waals surface area (Å²) in [5.41, 5.74) is 0.925. The van der Waals surface area contributed by atoms with E-state index in [9.17, 15) is 4.79 Å². The maximum absolute atomic E-state index is 12.4. The van der Waals surface area contributed by atoms with E-state index in [1.165, 1.54) is 4.90 Å². The van der Waals surface area contributed by atoms with Crippen molar-refractivity contribution in [3.63, 3.8) is 0 Å². The Hall–Kier alpha value is 0.290. The first kappa shape index (κ1) is 16.3. The van der Waals surface area contributed by atoms with Crippen LogP contribution in [0.25, 0.3) is 0 Å². The van der Waals surface area contributed by atoms with Crippen molar-refractivity contribution in [3.8, 4) is 0 Å². The number of carbonyl (C=O) groups is 1. The zero-order chi connectivity index (χ0) is 13.7. The second-order valence-corrected chi connectivity index (χ2v) is 8.80. The first-order valence-corrected chi connectivity index (χ1v) is 11.3. The van der Waals surface area contributed by atoms with E-state index in [-0.39, 0.29) is 16.7 Å². The van der Waals surface area contributed by atoms with Crippen LogP contribution in [0.3, 0.4) is 0 Å². The monoisotopic (exact) mass is 319 g/mol. The summed E-state index contributed by atoms with van der Waals surface area (Å²) in [4.78, 5) is 15.8. The predicted molar refractivity (Wildman–Crippen MR) is 90.2 cm³/mol. The fourth-order valence-corrected chi connectivity index (χ4v) is 4.31. The Morgan fingerprint density at radius 3 is 1.89 bits per heavy atom. The highest BCUT2D eigenvalue weighted by Crippen LogP contribution is 2.34. The van der Waals surface area contributed by atoms with Crippen LogP contribution in [0.1, 0.15) is 10.4 Å². The van der Waals surface area contributed by atoms with Gasteiger partial charge in [0.25, 0.3) is 0 Å².